The summed E-state index contributed by atoms with van der Waals surface area (Å²) in [6.45, 7) is 6.23. The first-order valence-corrected chi connectivity index (χ1v) is 11.5. The van der Waals surface area contributed by atoms with E-state index in [4.69, 9.17) is 9.84 Å². The highest BCUT2D eigenvalue weighted by Crippen LogP contribution is 2.44. The molecule has 5 nitrogen and oxygen atoms in total. The molecular formula is C29H29NO4. The number of hydrogen-bond acceptors (Lipinski definition) is 3. The summed E-state index contributed by atoms with van der Waals surface area (Å²) >= 11 is 0. The molecule has 2 N–H and O–H groups in total. The van der Waals surface area contributed by atoms with Gasteiger partial charge in [0, 0.05) is 18.4 Å². The highest BCUT2D eigenvalue weighted by Gasteiger charge is 2.29. The lowest BCUT2D eigenvalue weighted by atomic mass is 9.98. The van der Waals surface area contributed by atoms with Crippen molar-refractivity contribution < 1.29 is 19.4 Å². The molecule has 0 saturated carbocycles. The van der Waals surface area contributed by atoms with Crippen molar-refractivity contribution in [3.8, 4) is 11.1 Å². The standard InChI is InChI=1S/C29H29NO4/c1-19(14-15-28(31)32)22-9-7-8-21(17-22)16-20(2)30-29(33)34-18-27-25-12-5-3-10-23(25)24-11-4-6-13-26(24)27/h3-13,17,20,27H,1,14-16,18H2,2H3,(H,30,33)(H,31,32). The van der Waals surface area contributed by atoms with Gasteiger partial charge in [-0.3, -0.25) is 4.79 Å². The molecule has 1 aliphatic rings. The number of allylic oxidation sites excluding steroid dienone is 1. The van der Waals surface area contributed by atoms with Crippen LogP contribution in [0.2, 0.25) is 0 Å². The van der Waals surface area contributed by atoms with E-state index in [1.807, 2.05) is 55.5 Å². The highest BCUT2D eigenvalue weighted by atomic mass is 16.5. The Labute approximate surface area is 200 Å². The van der Waals surface area contributed by atoms with Gasteiger partial charge in [-0.1, -0.05) is 79.4 Å². The molecule has 4 rings (SSSR count). The molecular weight excluding hydrogens is 426 g/mol. The van der Waals surface area contributed by atoms with Crippen molar-refractivity contribution in [3.63, 3.8) is 0 Å². The van der Waals surface area contributed by atoms with Crippen molar-refractivity contribution in [2.45, 2.75) is 38.1 Å². The molecule has 0 aromatic heterocycles. The summed E-state index contributed by atoms with van der Waals surface area (Å²) in [4.78, 5) is 23.4. The maximum atomic E-state index is 12.5. The Morgan fingerprint density at radius 2 is 1.62 bits per heavy atom. The van der Waals surface area contributed by atoms with Gasteiger partial charge in [0.1, 0.15) is 6.61 Å². The van der Waals surface area contributed by atoms with Crippen LogP contribution in [-0.4, -0.2) is 29.8 Å². The van der Waals surface area contributed by atoms with Crippen LogP contribution in [0.1, 0.15) is 47.9 Å². The number of alkyl carbamates (subject to hydrolysis) is 1. The molecule has 34 heavy (non-hydrogen) atoms. The van der Waals surface area contributed by atoms with Crippen LogP contribution in [0.3, 0.4) is 0 Å². The smallest absolute Gasteiger partial charge is 0.407 e. The lowest BCUT2D eigenvalue weighted by Crippen LogP contribution is -2.35. The van der Waals surface area contributed by atoms with E-state index in [1.54, 1.807) is 0 Å². The number of carboxylic acids is 1. The summed E-state index contributed by atoms with van der Waals surface area (Å²) in [6.07, 6.45) is 0.663. The lowest BCUT2D eigenvalue weighted by Gasteiger charge is -2.17. The minimum absolute atomic E-state index is 0.0296. The van der Waals surface area contributed by atoms with Gasteiger partial charge in [0.05, 0.1) is 0 Å². The van der Waals surface area contributed by atoms with Gasteiger partial charge >= 0.3 is 12.1 Å². The SMILES string of the molecule is C=C(CCC(=O)O)c1cccc(CC(C)NC(=O)OCC2c3ccccc3-c3ccccc32)c1. The van der Waals surface area contributed by atoms with Crippen molar-refractivity contribution in [1.82, 2.24) is 5.32 Å². The minimum Gasteiger partial charge on any atom is -0.481 e. The van der Waals surface area contributed by atoms with Crippen molar-refractivity contribution in [2.24, 2.45) is 0 Å². The first kappa shape index (κ1) is 23.3. The Bertz CT molecular complexity index is 1170. The first-order valence-electron chi connectivity index (χ1n) is 11.5. The number of rotatable bonds is 9. The average molecular weight is 456 g/mol. The maximum Gasteiger partial charge on any atom is 0.407 e. The third-order valence-corrected chi connectivity index (χ3v) is 6.23. The number of aliphatic carboxylic acids is 1. The Kier molecular flexibility index (Phi) is 7.12. The number of benzene rings is 3. The fourth-order valence-electron chi connectivity index (χ4n) is 4.57. The van der Waals surface area contributed by atoms with Gasteiger partial charge in [-0.05, 0) is 58.7 Å². The van der Waals surface area contributed by atoms with E-state index in [9.17, 15) is 9.59 Å². The Morgan fingerprint density at radius 1 is 0.971 bits per heavy atom. The number of fused-ring (bicyclic) bond motifs is 3. The average Bonchev–Trinajstić information content (AvgIpc) is 3.15. The maximum absolute atomic E-state index is 12.5. The third kappa shape index (κ3) is 5.37. The number of hydrogen-bond donors (Lipinski definition) is 2. The molecule has 1 atom stereocenters. The molecule has 5 heteroatoms. The van der Waals surface area contributed by atoms with Crippen LogP contribution >= 0.6 is 0 Å². The van der Waals surface area contributed by atoms with Gasteiger partial charge in [0.2, 0.25) is 0 Å². The number of ether oxygens (including phenoxy) is 1. The first-order chi connectivity index (χ1) is 16.4. The third-order valence-electron chi connectivity index (χ3n) is 6.23. The van der Waals surface area contributed by atoms with Gasteiger partial charge in [-0.2, -0.15) is 0 Å². The second-order valence-corrected chi connectivity index (χ2v) is 8.77. The van der Waals surface area contributed by atoms with Gasteiger partial charge in [0.25, 0.3) is 0 Å². The van der Waals surface area contributed by atoms with Crippen LogP contribution in [0.15, 0.2) is 79.4 Å². The van der Waals surface area contributed by atoms with E-state index in [0.717, 1.165) is 16.7 Å². The minimum atomic E-state index is -0.835. The molecule has 1 unspecified atom stereocenters. The molecule has 3 aromatic carbocycles. The molecule has 1 amide bonds. The molecule has 1 aliphatic carbocycles. The molecule has 0 spiro atoms. The Balaban J connectivity index is 1.33. The van der Waals surface area contributed by atoms with Gasteiger partial charge in [0.15, 0.2) is 0 Å². The van der Waals surface area contributed by atoms with E-state index in [2.05, 4.69) is 36.2 Å². The quantitative estimate of drug-likeness (QED) is 0.413. The van der Waals surface area contributed by atoms with E-state index in [1.165, 1.54) is 22.3 Å². The van der Waals surface area contributed by atoms with Crippen LogP contribution in [0, 0.1) is 0 Å². The summed E-state index contributed by atoms with van der Waals surface area (Å²) < 4.78 is 5.64. The van der Waals surface area contributed by atoms with E-state index in [0.29, 0.717) is 12.8 Å². The van der Waals surface area contributed by atoms with Crippen LogP contribution in [-0.2, 0) is 16.0 Å². The topological polar surface area (TPSA) is 75.6 Å². The van der Waals surface area contributed by atoms with E-state index in [-0.39, 0.29) is 25.0 Å². The number of nitrogens with one attached hydrogen (secondary N) is 1. The van der Waals surface area contributed by atoms with Crippen LogP contribution in [0.5, 0.6) is 0 Å². The molecule has 0 aliphatic heterocycles. The second kappa shape index (κ2) is 10.4. The van der Waals surface area contributed by atoms with Crippen LogP contribution < -0.4 is 5.32 Å². The van der Waals surface area contributed by atoms with Crippen molar-refractivity contribution >= 4 is 17.6 Å². The van der Waals surface area contributed by atoms with Crippen LogP contribution in [0.4, 0.5) is 4.79 Å². The fraction of sp³-hybridized carbons (Fsp3) is 0.241. The monoisotopic (exact) mass is 455 g/mol. The molecule has 0 heterocycles. The van der Waals surface area contributed by atoms with Gasteiger partial charge in [-0.15, -0.1) is 0 Å². The van der Waals surface area contributed by atoms with Gasteiger partial charge < -0.3 is 15.2 Å². The van der Waals surface area contributed by atoms with Crippen molar-refractivity contribution in [1.29, 1.82) is 0 Å². The number of amides is 1. The predicted octanol–water partition coefficient (Wildman–Crippen LogP) is 6.03. The highest BCUT2D eigenvalue weighted by molar-refractivity contribution is 5.79. The zero-order chi connectivity index (χ0) is 24.1. The fourth-order valence-corrected chi connectivity index (χ4v) is 4.57. The lowest BCUT2D eigenvalue weighted by molar-refractivity contribution is -0.136. The number of carbonyl (C=O) groups is 2. The second-order valence-electron chi connectivity index (χ2n) is 8.77. The summed E-state index contributed by atoms with van der Waals surface area (Å²) in [6, 6.07) is 24.2. The predicted molar refractivity (Wildman–Crippen MR) is 134 cm³/mol. The molecule has 0 saturated heterocycles. The zero-order valence-electron chi connectivity index (χ0n) is 19.3. The van der Waals surface area contributed by atoms with Crippen LogP contribution in [0.25, 0.3) is 16.7 Å². The normalized spacial score (nSPS) is 13.0. The summed E-state index contributed by atoms with van der Waals surface area (Å²) in [5, 5.41) is 11.8. The molecule has 0 bridgehead atoms. The Hall–Kier alpha value is -3.86. The molecule has 0 radical (unpaired) electrons. The van der Waals surface area contributed by atoms with E-state index >= 15 is 0 Å². The summed E-state index contributed by atoms with van der Waals surface area (Å²) in [7, 11) is 0. The molecule has 3 aromatic rings. The summed E-state index contributed by atoms with van der Waals surface area (Å²) in [5.74, 6) is -0.805. The Morgan fingerprint density at radius 3 is 2.26 bits per heavy atom. The number of carboxylic acid groups (broad SMARTS) is 1. The van der Waals surface area contributed by atoms with Crippen molar-refractivity contribution in [2.75, 3.05) is 6.61 Å². The largest absolute Gasteiger partial charge is 0.481 e. The van der Waals surface area contributed by atoms with Crippen molar-refractivity contribution in [3.05, 3.63) is 102 Å². The molecule has 0 fully saturated rings. The zero-order valence-corrected chi connectivity index (χ0v) is 19.3. The van der Waals surface area contributed by atoms with E-state index < -0.39 is 12.1 Å². The van der Waals surface area contributed by atoms with Gasteiger partial charge in [-0.25, -0.2) is 4.79 Å². The molecule has 174 valence electrons. The number of carbonyl (C=O) groups excluding carboxylic acids is 1. The summed E-state index contributed by atoms with van der Waals surface area (Å²) in [5.41, 5.74) is 7.53.